The smallest absolute Gasteiger partial charge is 0.206 e. The van der Waals surface area contributed by atoms with Crippen LogP contribution >= 0.6 is 0 Å². The van der Waals surface area contributed by atoms with Crippen LogP contribution in [0.1, 0.15) is 0 Å². The van der Waals surface area contributed by atoms with E-state index in [2.05, 4.69) is 4.74 Å². The molecule has 1 aliphatic heterocycles. The highest BCUT2D eigenvalue weighted by Gasteiger charge is 2.36. The normalized spacial score (nSPS) is 12.4. The zero-order chi connectivity index (χ0) is 16.3. The van der Waals surface area contributed by atoms with Crippen molar-refractivity contribution in [2.75, 3.05) is 5.32 Å². The van der Waals surface area contributed by atoms with Crippen LogP contribution in [0, 0.1) is 46.5 Å². The van der Waals surface area contributed by atoms with Gasteiger partial charge in [0, 0.05) is 0 Å². The summed E-state index contributed by atoms with van der Waals surface area (Å²) in [6, 6.07) is 0. The van der Waals surface area contributed by atoms with Gasteiger partial charge >= 0.3 is 0 Å². The number of ether oxygens (including phenoxy) is 1. The molecular weight excluding hydrogens is 326 g/mol. The number of anilines is 2. The minimum atomic E-state index is -2.27. The molecule has 1 aliphatic rings. The Kier molecular flexibility index (Phi) is 2.94. The highest BCUT2D eigenvalue weighted by Crippen LogP contribution is 2.49. The predicted octanol–water partition coefficient (Wildman–Crippen LogP) is 4.65. The van der Waals surface area contributed by atoms with Gasteiger partial charge in [0.1, 0.15) is 11.4 Å². The van der Waals surface area contributed by atoms with Gasteiger partial charge in [-0.25, -0.2) is 26.3 Å². The van der Waals surface area contributed by atoms with Gasteiger partial charge in [-0.3, -0.25) is 0 Å². The van der Waals surface area contributed by atoms with Gasteiger partial charge < -0.3 is 10.1 Å². The maximum absolute atomic E-state index is 13.5. The number of hydrogen-bond acceptors (Lipinski definition) is 2. The van der Waals surface area contributed by atoms with Crippen molar-refractivity contribution in [1.82, 2.24) is 0 Å². The van der Waals surface area contributed by atoms with Gasteiger partial charge in [-0.1, -0.05) is 0 Å². The number of hydrogen-bond donors (Lipinski definition) is 1. The van der Waals surface area contributed by atoms with Crippen LogP contribution in [0.25, 0.3) is 0 Å². The van der Waals surface area contributed by atoms with Crippen LogP contribution < -0.4 is 10.1 Å². The summed E-state index contributed by atoms with van der Waals surface area (Å²) in [5, 5.41) is 1.63. The van der Waals surface area contributed by atoms with E-state index in [9.17, 15) is 35.1 Å². The Bertz CT molecular complexity index is 700. The highest BCUT2D eigenvalue weighted by atomic mass is 19.2. The fourth-order valence-corrected chi connectivity index (χ4v) is 1.87. The fourth-order valence-electron chi connectivity index (χ4n) is 1.87. The topological polar surface area (TPSA) is 21.3 Å². The summed E-state index contributed by atoms with van der Waals surface area (Å²) < 4.78 is 111. The van der Waals surface area contributed by atoms with Crippen LogP contribution in [0.2, 0.25) is 0 Å². The van der Waals surface area contributed by atoms with Gasteiger partial charge in [-0.05, 0) is 0 Å². The van der Waals surface area contributed by atoms with Crippen molar-refractivity contribution in [2.24, 2.45) is 0 Å². The lowest BCUT2D eigenvalue weighted by Gasteiger charge is -2.24. The number of nitrogens with one attached hydrogen (secondary N) is 1. The number of rotatable bonds is 0. The maximum atomic E-state index is 13.5. The van der Waals surface area contributed by atoms with Gasteiger partial charge in [0.2, 0.25) is 23.3 Å². The molecule has 22 heavy (non-hydrogen) atoms. The molecule has 0 saturated carbocycles. The first-order chi connectivity index (χ1) is 10.3. The van der Waals surface area contributed by atoms with Crippen molar-refractivity contribution in [3.05, 3.63) is 46.5 Å². The van der Waals surface area contributed by atoms with E-state index in [4.69, 9.17) is 0 Å². The Morgan fingerprint density at radius 2 is 0.773 bits per heavy atom. The summed E-state index contributed by atoms with van der Waals surface area (Å²) in [6.07, 6.45) is 0. The monoisotopic (exact) mass is 327 g/mol. The van der Waals surface area contributed by atoms with Crippen molar-refractivity contribution < 1.29 is 39.9 Å². The average Bonchev–Trinajstić information content (AvgIpc) is 2.52. The molecule has 0 aliphatic carbocycles. The standard InChI is InChI=1S/C12HF8NO/c13-1-3(15)7(19)11-9(5(1)17)21-10-6(18)2(14)4(16)8(20)12(10)22-11/h21H. The molecule has 0 bridgehead atoms. The highest BCUT2D eigenvalue weighted by molar-refractivity contribution is 5.77. The van der Waals surface area contributed by atoms with E-state index in [1.54, 1.807) is 5.32 Å². The summed E-state index contributed by atoms with van der Waals surface area (Å²) in [4.78, 5) is 0. The SMILES string of the molecule is Fc1c(F)c(F)c2c(c1F)Nc1c(F)c(F)c(F)c(F)c1O2. The first kappa shape index (κ1) is 14.4. The van der Waals surface area contributed by atoms with Gasteiger partial charge in [0.05, 0.1) is 0 Å². The lowest BCUT2D eigenvalue weighted by Crippen LogP contribution is -2.14. The molecule has 116 valence electrons. The summed E-state index contributed by atoms with van der Waals surface area (Å²) in [5.74, 6) is -19.9. The molecule has 0 aromatic heterocycles. The third kappa shape index (κ3) is 1.66. The number of halogens is 8. The Morgan fingerprint density at radius 1 is 0.455 bits per heavy atom. The summed E-state index contributed by atoms with van der Waals surface area (Å²) >= 11 is 0. The molecule has 3 rings (SSSR count). The van der Waals surface area contributed by atoms with Gasteiger partial charge in [0.15, 0.2) is 34.8 Å². The third-order valence-corrected chi connectivity index (χ3v) is 2.90. The summed E-state index contributed by atoms with van der Waals surface area (Å²) in [7, 11) is 0. The van der Waals surface area contributed by atoms with Crippen molar-refractivity contribution in [1.29, 1.82) is 0 Å². The Hall–Kier alpha value is -2.52. The minimum Gasteiger partial charge on any atom is -0.446 e. The molecule has 0 fully saturated rings. The van der Waals surface area contributed by atoms with Crippen molar-refractivity contribution in [3.63, 3.8) is 0 Å². The van der Waals surface area contributed by atoms with Gasteiger partial charge in [0.25, 0.3) is 0 Å². The number of benzene rings is 2. The second-order valence-electron chi connectivity index (χ2n) is 4.15. The van der Waals surface area contributed by atoms with E-state index in [0.717, 1.165) is 0 Å². The Balaban J connectivity index is 2.32. The molecule has 0 unspecified atom stereocenters. The van der Waals surface area contributed by atoms with Gasteiger partial charge in [-0.15, -0.1) is 0 Å². The van der Waals surface area contributed by atoms with E-state index in [1.807, 2.05) is 0 Å². The van der Waals surface area contributed by atoms with Crippen LogP contribution in [-0.4, -0.2) is 0 Å². The van der Waals surface area contributed by atoms with Crippen molar-refractivity contribution in [2.45, 2.75) is 0 Å². The largest absolute Gasteiger partial charge is 0.446 e. The molecule has 1 heterocycles. The maximum Gasteiger partial charge on any atom is 0.206 e. The minimum absolute atomic E-state index is 1.23. The molecule has 10 heteroatoms. The quantitative estimate of drug-likeness (QED) is 0.369. The predicted molar refractivity (Wildman–Crippen MR) is 55.9 cm³/mol. The average molecular weight is 327 g/mol. The molecule has 2 aromatic carbocycles. The van der Waals surface area contributed by atoms with Gasteiger partial charge in [-0.2, -0.15) is 8.78 Å². The van der Waals surface area contributed by atoms with E-state index in [-0.39, 0.29) is 0 Å². The summed E-state index contributed by atoms with van der Waals surface area (Å²) in [6.45, 7) is 0. The number of fused-ring (bicyclic) bond motifs is 2. The second-order valence-corrected chi connectivity index (χ2v) is 4.15. The first-order valence-corrected chi connectivity index (χ1v) is 5.42. The van der Waals surface area contributed by atoms with E-state index in [1.165, 1.54) is 0 Å². The molecule has 0 spiro atoms. The molecule has 0 saturated heterocycles. The molecule has 2 nitrogen and oxygen atoms in total. The van der Waals surface area contributed by atoms with Crippen LogP contribution in [0.15, 0.2) is 0 Å². The van der Waals surface area contributed by atoms with E-state index < -0.39 is 69.4 Å². The zero-order valence-corrected chi connectivity index (χ0v) is 9.93. The Labute approximate surface area is 115 Å². The molecule has 0 atom stereocenters. The van der Waals surface area contributed by atoms with Crippen LogP contribution in [0.5, 0.6) is 11.5 Å². The van der Waals surface area contributed by atoms with Crippen molar-refractivity contribution in [3.8, 4) is 11.5 Å². The Morgan fingerprint density at radius 3 is 1.14 bits per heavy atom. The third-order valence-electron chi connectivity index (χ3n) is 2.90. The van der Waals surface area contributed by atoms with Crippen LogP contribution in [0.3, 0.4) is 0 Å². The molecule has 1 N–H and O–H groups in total. The zero-order valence-electron chi connectivity index (χ0n) is 9.93. The van der Waals surface area contributed by atoms with E-state index in [0.29, 0.717) is 0 Å². The van der Waals surface area contributed by atoms with Crippen molar-refractivity contribution >= 4 is 11.4 Å². The fraction of sp³-hybridized carbons (Fsp3) is 0. The lowest BCUT2D eigenvalue weighted by atomic mass is 10.1. The molecular formula is C12HF8NO. The molecule has 2 aromatic rings. The second kappa shape index (κ2) is 4.49. The first-order valence-electron chi connectivity index (χ1n) is 5.42. The van der Waals surface area contributed by atoms with Crippen LogP contribution in [-0.2, 0) is 0 Å². The lowest BCUT2D eigenvalue weighted by molar-refractivity contribution is 0.344. The molecule has 0 radical (unpaired) electrons. The summed E-state index contributed by atoms with van der Waals surface area (Å²) in [5.41, 5.74) is -2.46. The van der Waals surface area contributed by atoms with Crippen LogP contribution in [0.4, 0.5) is 46.5 Å². The molecule has 0 amide bonds. The van der Waals surface area contributed by atoms with E-state index >= 15 is 0 Å².